The number of nitrogens with one attached hydrogen (secondary N) is 1. The minimum Gasteiger partial charge on any atom is -0.491 e. The molecule has 1 N–H and O–H groups in total. The molecule has 162 valence electrons. The minimum absolute atomic E-state index is 0. The first-order valence-corrected chi connectivity index (χ1v) is 9.67. The summed E-state index contributed by atoms with van der Waals surface area (Å²) in [4.78, 5) is 11.0. The number of hydrogen-bond acceptors (Lipinski definition) is 6. The molecule has 2 rings (SSSR count). The summed E-state index contributed by atoms with van der Waals surface area (Å²) < 4.78 is 16.6. The van der Waals surface area contributed by atoms with Crippen molar-refractivity contribution >= 4 is 29.9 Å². The Morgan fingerprint density at radius 3 is 2.76 bits per heavy atom. The highest BCUT2D eigenvalue weighted by Crippen LogP contribution is 2.16. The van der Waals surface area contributed by atoms with E-state index in [1.807, 2.05) is 63.9 Å². The van der Waals surface area contributed by atoms with Gasteiger partial charge in [-0.25, -0.2) is 4.99 Å². The van der Waals surface area contributed by atoms with Crippen LogP contribution in [0.4, 0.5) is 0 Å². The van der Waals surface area contributed by atoms with Crippen LogP contribution in [0.5, 0.6) is 5.75 Å². The molecule has 0 fully saturated rings. The largest absolute Gasteiger partial charge is 0.491 e. The number of ether oxygens (including phenoxy) is 2. The Labute approximate surface area is 190 Å². The molecule has 0 bridgehead atoms. The highest BCUT2D eigenvalue weighted by molar-refractivity contribution is 14.0. The molecular weight excluding hydrogens is 485 g/mol. The Morgan fingerprint density at radius 2 is 2.07 bits per heavy atom. The van der Waals surface area contributed by atoms with Gasteiger partial charge in [0.25, 0.3) is 0 Å². The number of rotatable bonds is 10. The molecule has 0 radical (unpaired) electrons. The van der Waals surface area contributed by atoms with E-state index >= 15 is 0 Å². The predicted octanol–water partition coefficient (Wildman–Crippen LogP) is 3.57. The molecule has 9 heteroatoms. The maximum absolute atomic E-state index is 5.87. The van der Waals surface area contributed by atoms with Crippen LogP contribution in [0.3, 0.4) is 0 Å². The van der Waals surface area contributed by atoms with Gasteiger partial charge in [-0.2, -0.15) is 4.98 Å². The van der Waals surface area contributed by atoms with E-state index in [-0.39, 0.29) is 30.1 Å². The molecule has 8 nitrogen and oxygen atoms in total. The van der Waals surface area contributed by atoms with Crippen molar-refractivity contribution in [1.29, 1.82) is 0 Å². The van der Waals surface area contributed by atoms with Crippen molar-refractivity contribution in [2.24, 2.45) is 4.99 Å². The number of benzene rings is 1. The smallest absolute Gasteiger partial charge is 0.248 e. The van der Waals surface area contributed by atoms with E-state index < -0.39 is 0 Å². The van der Waals surface area contributed by atoms with Crippen molar-refractivity contribution in [2.75, 3.05) is 33.4 Å². The molecule has 0 saturated carbocycles. The Morgan fingerprint density at radius 1 is 1.31 bits per heavy atom. The SMILES string of the molecule is CCNC(=NCc1nc(C(C)OCC)no1)N(C)CCOc1ccccc1C.I. The fraction of sp³-hybridized carbons (Fsp3) is 0.550. The lowest BCUT2D eigenvalue weighted by Crippen LogP contribution is -2.40. The van der Waals surface area contributed by atoms with Gasteiger partial charge in [0.1, 0.15) is 25.0 Å². The number of aryl methyl sites for hydroxylation is 1. The Kier molecular flexibility index (Phi) is 11.6. The Hall–Kier alpha value is -1.88. The normalized spacial score (nSPS) is 12.2. The summed E-state index contributed by atoms with van der Waals surface area (Å²) in [5.74, 6) is 2.66. The van der Waals surface area contributed by atoms with Crippen LogP contribution in [0.25, 0.3) is 0 Å². The summed E-state index contributed by atoms with van der Waals surface area (Å²) in [7, 11) is 1.97. The highest BCUT2D eigenvalue weighted by Gasteiger charge is 2.14. The Bertz CT molecular complexity index is 753. The van der Waals surface area contributed by atoms with Gasteiger partial charge in [-0.15, -0.1) is 24.0 Å². The molecule has 1 aromatic carbocycles. The van der Waals surface area contributed by atoms with Crippen molar-refractivity contribution in [3.63, 3.8) is 0 Å². The lowest BCUT2D eigenvalue weighted by atomic mass is 10.2. The number of likely N-dealkylation sites (N-methyl/N-ethyl adjacent to an activating group) is 1. The number of aromatic nitrogens is 2. The van der Waals surface area contributed by atoms with Gasteiger partial charge in [-0.3, -0.25) is 0 Å². The first kappa shape index (κ1) is 25.2. The first-order valence-electron chi connectivity index (χ1n) is 9.67. The van der Waals surface area contributed by atoms with Crippen LogP contribution >= 0.6 is 24.0 Å². The molecule has 0 aliphatic heterocycles. The van der Waals surface area contributed by atoms with Crippen LogP contribution in [0.2, 0.25) is 0 Å². The van der Waals surface area contributed by atoms with Crippen LogP contribution in [0, 0.1) is 6.92 Å². The number of hydrogen-bond donors (Lipinski definition) is 1. The molecule has 0 spiro atoms. The van der Waals surface area contributed by atoms with E-state index in [9.17, 15) is 0 Å². The van der Waals surface area contributed by atoms with E-state index in [1.54, 1.807) is 0 Å². The molecule has 2 aromatic rings. The third kappa shape index (κ3) is 8.17. The number of nitrogens with zero attached hydrogens (tertiary/aromatic N) is 4. The van der Waals surface area contributed by atoms with Gasteiger partial charge in [0.05, 0.1) is 6.54 Å². The Balaban J connectivity index is 0.00000420. The predicted molar refractivity (Wildman–Crippen MR) is 124 cm³/mol. The van der Waals surface area contributed by atoms with E-state index in [2.05, 4.69) is 20.4 Å². The molecule has 0 saturated heterocycles. The van der Waals surface area contributed by atoms with E-state index in [1.165, 1.54) is 0 Å². The van der Waals surface area contributed by atoms with Crippen LogP contribution in [0.1, 0.15) is 44.2 Å². The molecule has 0 aliphatic rings. The summed E-state index contributed by atoms with van der Waals surface area (Å²) >= 11 is 0. The zero-order chi connectivity index (χ0) is 20.4. The second-order valence-corrected chi connectivity index (χ2v) is 6.35. The third-order valence-electron chi connectivity index (χ3n) is 4.10. The zero-order valence-electron chi connectivity index (χ0n) is 17.8. The fourth-order valence-corrected chi connectivity index (χ4v) is 2.55. The number of halogens is 1. The fourth-order valence-electron chi connectivity index (χ4n) is 2.55. The lowest BCUT2D eigenvalue weighted by Gasteiger charge is -2.22. The summed E-state index contributed by atoms with van der Waals surface area (Å²) in [5, 5.41) is 7.23. The molecule has 0 amide bonds. The summed E-state index contributed by atoms with van der Waals surface area (Å²) in [6.07, 6.45) is -0.194. The maximum Gasteiger partial charge on any atom is 0.248 e. The van der Waals surface area contributed by atoms with Crippen molar-refractivity contribution in [1.82, 2.24) is 20.4 Å². The number of para-hydroxylation sites is 1. The standard InChI is InChI=1S/C20H31N5O3.HI/c1-6-21-20(22-14-18-23-19(24-28-18)16(4)26-7-2)25(5)12-13-27-17-11-9-8-10-15(17)3;/h8-11,16H,6-7,12-14H2,1-5H3,(H,21,22);1H. The van der Waals surface area contributed by atoms with Crippen molar-refractivity contribution in [2.45, 2.75) is 40.3 Å². The molecule has 0 aliphatic carbocycles. The van der Waals surface area contributed by atoms with Gasteiger partial charge in [0.2, 0.25) is 5.89 Å². The lowest BCUT2D eigenvalue weighted by molar-refractivity contribution is 0.0683. The average molecular weight is 517 g/mol. The maximum atomic E-state index is 5.87. The van der Waals surface area contributed by atoms with Gasteiger partial charge in [0.15, 0.2) is 11.8 Å². The van der Waals surface area contributed by atoms with E-state index in [0.717, 1.165) is 23.8 Å². The van der Waals surface area contributed by atoms with E-state index in [4.69, 9.17) is 14.0 Å². The van der Waals surface area contributed by atoms with Crippen molar-refractivity contribution < 1.29 is 14.0 Å². The molecule has 1 aromatic heterocycles. The van der Waals surface area contributed by atoms with Crippen LogP contribution < -0.4 is 10.1 Å². The number of aliphatic imine (C=N–C) groups is 1. The monoisotopic (exact) mass is 517 g/mol. The van der Waals surface area contributed by atoms with Crippen LogP contribution in [-0.2, 0) is 11.3 Å². The van der Waals surface area contributed by atoms with Gasteiger partial charge in [0, 0.05) is 20.2 Å². The van der Waals surface area contributed by atoms with E-state index in [0.29, 0.717) is 38.0 Å². The van der Waals surface area contributed by atoms with Gasteiger partial charge < -0.3 is 24.2 Å². The summed E-state index contributed by atoms with van der Waals surface area (Å²) in [6.45, 7) is 10.8. The highest BCUT2D eigenvalue weighted by atomic mass is 127. The van der Waals surface area contributed by atoms with Gasteiger partial charge >= 0.3 is 0 Å². The molecule has 1 atom stereocenters. The molecule has 29 heavy (non-hydrogen) atoms. The van der Waals surface area contributed by atoms with Crippen molar-refractivity contribution in [3.8, 4) is 5.75 Å². The first-order chi connectivity index (χ1) is 13.5. The third-order valence-corrected chi connectivity index (χ3v) is 4.10. The van der Waals surface area contributed by atoms with Crippen LogP contribution in [0.15, 0.2) is 33.8 Å². The van der Waals surface area contributed by atoms with Gasteiger partial charge in [-0.05, 0) is 39.3 Å². The van der Waals surface area contributed by atoms with Gasteiger partial charge in [-0.1, -0.05) is 23.4 Å². The van der Waals surface area contributed by atoms with Crippen LogP contribution in [-0.4, -0.2) is 54.4 Å². The zero-order valence-corrected chi connectivity index (χ0v) is 20.2. The molecule has 1 heterocycles. The topological polar surface area (TPSA) is 85.0 Å². The molecule has 1 unspecified atom stereocenters. The summed E-state index contributed by atoms with van der Waals surface area (Å²) in [6, 6.07) is 7.99. The minimum atomic E-state index is -0.194. The second-order valence-electron chi connectivity index (χ2n) is 6.35. The summed E-state index contributed by atoms with van der Waals surface area (Å²) in [5.41, 5.74) is 1.12. The average Bonchev–Trinajstić information content (AvgIpc) is 3.16. The number of guanidine groups is 1. The second kappa shape index (κ2) is 13.4. The molecular formula is C20H32IN5O3. The van der Waals surface area contributed by atoms with Crippen molar-refractivity contribution in [3.05, 3.63) is 41.5 Å². The quantitative estimate of drug-likeness (QED) is 0.293.